The second kappa shape index (κ2) is 8.29. The van der Waals surface area contributed by atoms with Crippen LogP contribution in [0.15, 0.2) is 0 Å². The number of aliphatic hydroxyl groups is 1. The molecule has 0 heterocycles. The Labute approximate surface area is 74.0 Å². The van der Waals surface area contributed by atoms with Gasteiger partial charge in [0.05, 0.1) is 0 Å². The molecular weight excluding hydrogens is 152 g/mol. The molecule has 0 radical (unpaired) electrons. The van der Waals surface area contributed by atoms with E-state index in [9.17, 15) is 4.79 Å². The minimum absolute atomic E-state index is 0.194. The van der Waals surface area contributed by atoms with Gasteiger partial charge in [-0.3, -0.25) is 4.79 Å². The number of carbonyl (C=O) groups is 1. The predicted molar refractivity (Wildman–Crippen MR) is 48.6 cm³/mol. The van der Waals surface area contributed by atoms with Gasteiger partial charge in [-0.1, -0.05) is 0 Å². The average Bonchev–Trinajstić information content (AvgIpc) is 2.02. The zero-order chi connectivity index (χ0) is 9.23. The van der Waals surface area contributed by atoms with Gasteiger partial charge in [0.15, 0.2) is 0 Å². The highest BCUT2D eigenvalue weighted by Crippen LogP contribution is 1.93. The summed E-state index contributed by atoms with van der Waals surface area (Å²) in [6.45, 7) is 1.82. The molecule has 0 aliphatic carbocycles. The van der Waals surface area contributed by atoms with Crippen LogP contribution in [0.3, 0.4) is 0 Å². The Bertz CT molecular complexity index is 174. The molecule has 0 rings (SSSR count). The lowest BCUT2D eigenvalue weighted by Crippen LogP contribution is -1.86. The quantitative estimate of drug-likeness (QED) is 0.499. The SMILES string of the molecule is CC(=O)CCC#CCCCCO. The van der Waals surface area contributed by atoms with Crippen molar-refractivity contribution in [3.63, 3.8) is 0 Å². The summed E-state index contributed by atoms with van der Waals surface area (Å²) in [5.41, 5.74) is 0. The maximum absolute atomic E-state index is 10.5. The van der Waals surface area contributed by atoms with Crippen LogP contribution in [-0.2, 0) is 4.79 Å². The van der Waals surface area contributed by atoms with Crippen LogP contribution in [0.4, 0.5) is 0 Å². The maximum atomic E-state index is 10.5. The number of hydrogen-bond acceptors (Lipinski definition) is 2. The van der Waals surface area contributed by atoms with Gasteiger partial charge in [0.2, 0.25) is 0 Å². The molecule has 0 unspecified atom stereocenters. The molecule has 0 aromatic rings. The van der Waals surface area contributed by atoms with E-state index in [1.165, 1.54) is 0 Å². The lowest BCUT2D eigenvalue weighted by molar-refractivity contribution is -0.116. The van der Waals surface area contributed by atoms with E-state index in [0.29, 0.717) is 12.8 Å². The van der Waals surface area contributed by atoms with Gasteiger partial charge in [-0.25, -0.2) is 0 Å². The number of aliphatic hydroxyl groups excluding tert-OH is 1. The first-order valence-corrected chi connectivity index (χ1v) is 4.33. The molecule has 2 nitrogen and oxygen atoms in total. The number of unbranched alkanes of at least 4 members (excludes halogenated alkanes) is 2. The van der Waals surface area contributed by atoms with Crippen molar-refractivity contribution < 1.29 is 9.90 Å². The molecule has 0 saturated heterocycles. The lowest BCUT2D eigenvalue weighted by atomic mass is 10.2. The summed E-state index contributed by atoms with van der Waals surface area (Å²) in [7, 11) is 0. The first kappa shape index (κ1) is 11.2. The van der Waals surface area contributed by atoms with Crippen molar-refractivity contribution in [3.05, 3.63) is 0 Å². The van der Waals surface area contributed by atoms with Crippen LogP contribution in [0.1, 0.15) is 39.0 Å². The highest BCUT2D eigenvalue weighted by Gasteiger charge is 1.87. The second-order valence-corrected chi connectivity index (χ2v) is 2.74. The molecule has 0 amide bonds. The topological polar surface area (TPSA) is 37.3 Å². The summed E-state index contributed by atoms with van der Waals surface area (Å²) in [4.78, 5) is 10.5. The van der Waals surface area contributed by atoms with E-state index in [1.807, 2.05) is 0 Å². The molecule has 0 atom stereocenters. The number of rotatable bonds is 5. The van der Waals surface area contributed by atoms with Crippen LogP contribution < -0.4 is 0 Å². The Hall–Kier alpha value is -0.810. The minimum atomic E-state index is 0.194. The van der Waals surface area contributed by atoms with E-state index in [1.54, 1.807) is 6.92 Å². The summed E-state index contributed by atoms with van der Waals surface area (Å²) in [5.74, 6) is 6.08. The Kier molecular flexibility index (Phi) is 7.73. The van der Waals surface area contributed by atoms with Crippen molar-refractivity contribution in [1.29, 1.82) is 0 Å². The van der Waals surface area contributed by atoms with Crippen molar-refractivity contribution in [2.75, 3.05) is 6.61 Å². The third kappa shape index (κ3) is 9.19. The molecule has 0 fully saturated rings. The molecule has 0 spiro atoms. The monoisotopic (exact) mass is 168 g/mol. The van der Waals surface area contributed by atoms with Gasteiger partial charge >= 0.3 is 0 Å². The largest absolute Gasteiger partial charge is 0.396 e. The van der Waals surface area contributed by atoms with Crippen LogP contribution >= 0.6 is 0 Å². The molecule has 0 aromatic carbocycles. The fraction of sp³-hybridized carbons (Fsp3) is 0.700. The highest BCUT2D eigenvalue weighted by molar-refractivity contribution is 5.75. The first-order valence-electron chi connectivity index (χ1n) is 4.33. The maximum Gasteiger partial charge on any atom is 0.130 e. The highest BCUT2D eigenvalue weighted by atomic mass is 16.2. The predicted octanol–water partition coefficient (Wildman–Crippen LogP) is 1.52. The smallest absolute Gasteiger partial charge is 0.130 e. The van der Waals surface area contributed by atoms with Crippen LogP contribution in [0.25, 0.3) is 0 Å². The lowest BCUT2D eigenvalue weighted by Gasteiger charge is -1.88. The van der Waals surface area contributed by atoms with E-state index in [0.717, 1.165) is 19.3 Å². The van der Waals surface area contributed by atoms with Gasteiger partial charge in [0.1, 0.15) is 5.78 Å². The van der Waals surface area contributed by atoms with Crippen molar-refractivity contribution in [1.82, 2.24) is 0 Å². The number of ketones is 1. The van der Waals surface area contributed by atoms with E-state index in [-0.39, 0.29) is 12.4 Å². The zero-order valence-electron chi connectivity index (χ0n) is 7.60. The fourth-order valence-corrected chi connectivity index (χ4v) is 0.740. The van der Waals surface area contributed by atoms with E-state index in [4.69, 9.17) is 5.11 Å². The second-order valence-electron chi connectivity index (χ2n) is 2.74. The van der Waals surface area contributed by atoms with Crippen molar-refractivity contribution >= 4 is 5.78 Å². The standard InChI is InChI=1S/C10H16O2/c1-10(12)8-6-4-2-3-5-7-9-11/h11H,3,5-9H2,1H3. The molecule has 12 heavy (non-hydrogen) atoms. The van der Waals surface area contributed by atoms with Gasteiger partial charge in [-0.15, -0.1) is 11.8 Å². The molecule has 1 N–H and O–H groups in total. The van der Waals surface area contributed by atoms with E-state index in [2.05, 4.69) is 11.8 Å². The Morgan fingerprint density at radius 2 is 1.92 bits per heavy atom. The molecule has 2 heteroatoms. The fourth-order valence-electron chi connectivity index (χ4n) is 0.740. The van der Waals surface area contributed by atoms with Crippen molar-refractivity contribution in [2.24, 2.45) is 0 Å². The Morgan fingerprint density at radius 1 is 1.25 bits per heavy atom. The summed E-state index contributed by atoms with van der Waals surface area (Å²) < 4.78 is 0. The van der Waals surface area contributed by atoms with E-state index < -0.39 is 0 Å². The van der Waals surface area contributed by atoms with Crippen molar-refractivity contribution in [2.45, 2.75) is 39.0 Å². The molecule has 0 bridgehead atoms. The summed E-state index contributed by atoms with van der Waals surface area (Å²) in [5, 5.41) is 8.45. The summed E-state index contributed by atoms with van der Waals surface area (Å²) >= 11 is 0. The van der Waals surface area contributed by atoms with Crippen LogP contribution in [0.2, 0.25) is 0 Å². The molecule has 0 aliphatic rings. The molecular formula is C10H16O2. The van der Waals surface area contributed by atoms with Gasteiger partial charge in [0, 0.05) is 25.9 Å². The molecule has 68 valence electrons. The third-order valence-corrected chi connectivity index (χ3v) is 1.44. The normalized spacial score (nSPS) is 8.83. The summed E-state index contributed by atoms with van der Waals surface area (Å²) in [6, 6.07) is 0. The zero-order valence-corrected chi connectivity index (χ0v) is 7.60. The third-order valence-electron chi connectivity index (χ3n) is 1.44. The van der Waals surface area contributed by atoms with Crippen LogP contribution in [-0.4, -0.2) is 17.5 Å². The Morgan fingerprint density at radius 3 is 2.50 bits per heavy atom. The van der Waals surface area contributed by atoms with Crippen molar-refractivity contribution in [3.8, 4) is 11.8 Å². The Balaban J connectivity index is 3.17. The average molecular weight is 168 g/mol. The summed E-state index contributed by atoms with van der Waals surface area (Å²) in [6.07, 6.45) is 3.84. The number of carbonyl (C=O) groups excluding carboxylic acids is 1. The molecule has 0 saturated carbocycles. The van der Waals surface area contributed by atoms with Gasteiger partial charge in [-0.2, -0.15) is 0 Å². The first-order chi connectivity index (χ1) is 5.77. The number of Topliss-reactive ketones (excluding diaryl/α,β-unsaturated/α-hetero) is 1. The van der Waals surface area contributed by atoms with Gasteiger partial charge < -0.3 is 5.11 Å². The van der Waals surface area contributed by atoms with Crippen LogP contribution in [0, 0.1) is 11.8 Å². The van der Waals surface area contributed by atoms with Crippen LogP contribution in [0.5, 0.6) is 0 Å². The molecule has 0 aliphatic heterocycles. The number of hydrogen-bond donors (Lipinski definition) is 1. The van der Waals surface area contributed by atoms with Gasteiger partial charge in [0.25, 0.3) is 0 Å². The molecule has 0 aromatic heterocycles. The van der Waals surface area contributed by atoms with Gasteiger partial charge in [-0.05, 0) is 19.8 Å². The minimum Gasteiger partial charge on any atom is -0.396 e. The van der Waals surface area contributed by atoms with E-state index >= 15 is 0 Å².